The Labute approximate surface area is 71.1 Å². The fourth-order valence-electron chi connectivity index (χ4n) is 1.11. The summed E-state index contributed by atoms with van der Waals surface area (Å²) >= 11 is 3.47. The Morgan fingerprint density at radius 2 is 2.20 bits per heavy atom. The lowest BCUT2D eigenvalue weighted by molar-refractivity contribution is 0.938. The Balaban J connectivity index is 2.51. The topological polar surface area (TPSA) is 0 Å². The molecule has 0 nitrogen and oxygen atoms in total. The van der Waals surface area contributed by atoms with Crippen LogP contribution in [0.25, 0.3) is 0 Å². The average molecular weight is 201 g/mol. The maximum Gasteiger partial charge on any atom is 0.0242 e. The first-order valence-corrected chi connectivity index (χ1v) is 4.84. The molecule has 0 saturated heterocycles. The summed E-state index contributed by atoms with van der Waals surface area (Å²) in [5.74, 6) is 0. The van der Waals surface area contributed by atoms with Crippen molar-refractivity contribution >= 4 is 15.9 Å². The molecule has 0 heterocycles. The van der Waals surface area contributed by atoms with Crippen molar-refractivity contribution in [1.82, 2.24) is 0 Å². The molecule has 0 bridgehead atoms. The average Bonchev–Trinajstić information content (AvgIpc) is 2.14. The molecule has 0 fully saturated rings. The van der Waals surface area contributed by atoms with Crippen LogP contribution >= 0.6 is 15.9 Å². The van der Waals surface area contributed by atoms with Gasteiger partial charge in [-0.25, -0.2) is 0 Å². The van der Waals surface area contributed by atoms with Crippen molar-refractivity contribution in [1.29, 1.82) is 0 Å². The van der Waals surface area contributed by atoms with E-state index in [1.54, 1.807) is 5.57 Å². The Hall–Kier alpha value is -0.0400. The van der Waals surface area contributed by atoms with Gasteiger partial charge in [0.1, 0.15) is 0 Å². The molecule has 0 aromatic heterocycles. The molecule has 1 aliphatic carbocycles. The van der Waals surface area contributed by atoms with Gasteiger partial charge in [-0.3, -0.25) is 0 Å². The van der Waals surface area contributed by atoms with E-state index in [0.717, 1.165) is 11.8 Å². The highest BCUT2D eigenvalue weighted by Gasteiger charge is 1.99. The normalized spacial score (nSPS) is 19.4. The molecule has 0 aliphatic heterocycles. The summed E-state index contributed by atoms with van der Waals surface area (Å²) in [7, 11) is 0. The van der Waals surface area contributed by atoms with Gasteiger partial charge in [0.25, 0.3) is 0 Å². The third kappa shape index (κ3) is 2.30. The summed E-state index contributed by atoms with van der Waals surface area (Å²) in [4.78, 5) is 0. The Kier molecular flexibility index (Phi) is 3.20. The second-order valence-electron chi connectivity index (χ2n) is 2.78. The number of halogens is 1. The fraction of sp³-hybridized carbons (Fsp3) is 0.556. The minimum atomic E-state index is 1.05. The second kappa shape index (κ2) is 3.97. The summed E-state index contributed by atoms with van der Waals surface area (Å²) in [6.45, 7) is 2.21. The summed E-state index contributed by atoms with van der Waals surface area (Å²) in [5, 5.41) is 1.05. The molecule has 0 unspecified atom stereocenters. The van der Waals surface area contributed by atoms with Gasteiger partial charge >= 0.3 is 0 Å². The fourth-order valence-corrected chi connectivity index (χ4v) is 1.62. The van der Waals surface area contributed by atoms with Crippen molar-refractivity contribution in [3.63, 3.8) is 0 Å². The SMILES string of the molecule is CC1=CCC=C(CBr)CC1. The first-order valence-electron chi connectivity index (χ1n) is 3.72. The van der Waals surface area contributed by atoms with Crippen molar-refractivity contribution in [3.8, 4) is 0 Å². The van der Waals surface area contributed by atoms with Crippen LogP contribution in [0.3, 0.4) is 0 Å². The van der Waals surface area contributed by atoms with Crippen molar-refractivity contribution in [2.75, 3.05) is 5.33 Å². The van der Waals surface area contributed by atoms with Crippen LogP contribution in [0.2, 0.25) is 0 Å². The van der Waals surface area contributed by atoms with Gasteiger partial charge < -0.3 is 0 Å². The van der Waals surface area contributed by atoms with E-state index in [2.05, 4.69) is 35.0 Å². The van der Waals surface area contributed by atoms with Crippen LogP contribution in [-0.2, 0) is 0 Å². The maximum absolute atomic E-state index is 3.47. The molecule has 0 aromatic rings. The van der Waals surface area contributed by atoms with E-state index in [0.29, 0.717) is 0 Å². The predicted octanol–water partition coefficient (Wildman–Crippen LogP) is 3.44. The number of hydrogen-bond acceptors (Lipinski definition) is 0. The van der Waals surface area contributed by atoms with Gasteiger partial charge in [0.2, 0.25) is 0 Å². The largest absolute Gasteiger partial charge is 0.0880 e. The highest BCUT2D eigenvalue weighted by Crippen LogP contribution is 2.18. The van der Waals surface area contributed by atoms with Gasteiger partial charge in [0.15, 0.2) is 0 Å². The Bertz CT molecular complexity index is 166. The first kappa shape index (κ1) is 8.06. The molecule has 0 radical (unpaired) electrons. The van der Waals surface area contributed by atoms with E-state index in [-0.39, 0.29) is 0 Å². The summed E-state index contributed by atoms with van der Waals surface area (Å²) in [6.07, 6.45) is 8.26. The Morgan fingerprint density at radius 1 is 1.40 bits per heavy atom. The van der Waals surface area contributed by atoms with Gasteiger partial charge in [0, 0.05) is 5.33 Å². The lowest BCUT2D eigenvalue weighted by atomic mass is 10.1. The maximum atomic E-state index is 3.47. The predicted molar refractivity (Wildman–Crippen MR) is 49.5 cm³/mol. The lowest BCUT2D eigenvalue weighted by Gasteiger charge is -1.98. The standard InChI is InChI=1S/C9H13Br/c1-8-3-2-4-9(7-10)6-5-8/h3-4H,2,5-7H2,1H3. The molecule has 0 atom stereocenters. The molecule has 0 spiro atoms. The molecule has 0 N–H and O–H groups in total. The van der Waals surface area contributed by atoms with E-state index in [1.807, 2.05) is 0 Å². The van der Waals surface area contributed by atoms with Gasteiger partial charge in [-0.05, 0) is 26.2 Å². The van der Waals surface area contributed by atoms with Crippen molar-refractivity contribution in [2.45, 2.75) is 26.2 Å². The molecule has 1 rings (SSSR count). The van der Waals surface area contributed by atoms with Gasteiger partial charge in [-0.15, -0.1) is 0 Å². The third-order valence-corrected chi connectivity index (χ3v) is 2.61. The molecule has 56 valence electrons. The first-order chi connectivity index (χ1) is 4.83. The zero-order chi connectivity index (χ0) is 7.40. The number of allylic oxidation sites excluding steroid dienone is 4. The molecule has 0 aromatic carbocycles. The van der Waals surface area contributed by atoms with Crippen LogP contribution < -0.4 is 0 Å². The smallest absolute Gasteiger partial charge is 0.0242 e. The molecule has 1 heteroatoms. The van der Waals surface area contributed by atoms with Crippen LogP contribution in [0.5, 0.6) is 0 Å². The van der Waals surface area contributed by atoms with E-state index >= 15 is 0 Å². The quantitative estimate of drug-likeness (QED) is 0.450. The number of alkyl halides is 1. The van der Waals surface area contributed by atoms with Gasteiger partial charge in [0.05, 0.1) is 0 Å². The zero-order valence-corrected chi connectivity index (χ0v) is 7.95. The summed E-state index contributed by atoms with van der Waals surface area (Å²) in [6, 6.07) is 0. The second-order valence-corrected chi connectivity index (χ2v) is 3.34. The number of hydrogen-bond donors (Lipinski definition) is 0. The van der Waals surface area contributed by atoms with E-state index in [9.17, 15) is 0 Å². The highest BCUT2D eigenvalue weighted by molar-refractivity contribution is 9.09. The van der Waals surface area contributed by atoms with Crippen molar-refractivity contribution < 1.29 is 0 Å². The summed E-state index contributed by atoms with van der Waals surface area (Å²) < 4.78 is 0. The third-order valence-electron chi connectivity index (χ3n) is 1.88. The van der Waals surface area contributed by atoms with Crippen LogP contribution in [0, 0.1) is 0 Å². The zero-order valence-electron chi connectivity index (χ0n) is 6.36. The van der Waals surface area contributed by atoms with Gasteiger partial charge in [-0.2, -0.15) is 0 Å². The molecular weight excluding hydrogens is 188 g/mol. The van der Waals surface area contributed by atoms with E-state index < -0.39 is 0 Å². The van der Waals surface area contributed by atoms with Crippen molar-refractivity contribution in [3.05, 3.63) is 23.3 Å². The molecule has 0 amide bonds. The van der Waals surface area contributed by atoms with E-state index in [4.69, 9.17) is 0 Å². The van der Waals surface area contributed by atoms with Crippen LogP contribution in [0.15, 0.2) is 23.3 Å². The van der Waals surface area contributed by atoms with Crippen LogP contribution in [0.4, 0.5) is 0 Å². The summed E-state index contributed by atoms with van der Waals surface area (Å²) in [5.41, 5.74) is 3.08. The molecule has 1 aliphatic rings. The van der Waals surface area contributed by atoms with Crippen molar-refractivity contribution in [2.24, 2.45) is 0 Å². The Morgan fingerprint density at radius 3 is 2.90 bits per heavy atom. The monoisotopic (exact) mass is 200 g/mol. The van der Waals surface area contributed by atoms with Crippen LogP contribution in [-0.4, -0.2) is 5.33 Å². The van der Waals surface area contributed by atoms with E-state index in [1.165, 1.54) is 18.4 Å². The number of rotatable bonds is 1. The molecule has 10 heavy (non-hydrogen) atoms. The van der Waals surface area contributed by atoms with Gasteiger partial charge in [-0.1, -0.05) is 39.2 Å². The molecule has 0 saturated carbocycles. The van der Waals surface area contributed by atoms with Crippen LogP contribution in [0.1, 0.15) is 26.2 Å². The minimum absolute atomic E-state index is 1.05. The lowest BCUT2D eigenvalue weighted by Crippen LogP contribution is -1.83. The minimum Gasteiger partial charge on any atom is -0.0880 e. The highest BCUT2D eigenvalue weighted by atomic mass is 79.9. The molecular formula is C9H13Br.